The molecule has 2 rings (SSSR count). The molecule has 0 saturated carbocycles. The normalized spacial score (nSPS) is 9.08. The topological polar surface area (TPSA) is 47.3 Å². The molecule has 0 aliphatic heterocycles. The quantitative estimate of drug-likeness (QED) is 0.621. The molecule has 0 saturated heterocycles. The number of hydrogen-bond donors (Lipinski definition) is 0. The number of aldehydes is 1. The van der Waals surface area contributed by atoms with Crippen molar-refractivity contribution in [1.29, 1.82) is 0 Å². The lowest BCUT2D eigenvalue weighted by Crippen LogP contribution is -1.88. The maximum Gasteiger partial charge on any atom is 0.165 e. The smallest absolute Gasteiger partial charge is 0.165 e. The molecule has 0 spiro atoms. The Balaban J connectivity index is 0.000000396. The minimum Gasteiger partial charge on any atom is -0.298 e. The highest BCUT2D eigenvalue weighted by molar-refractivity contribution is 5.83. The van der Waals surface area contributed by atoms with Crippen molar-refractivity contribution in [2.24, 2.45) is 0 Å². The van der Waals surface area contributed by atoms with Gasteiger partial charge in [0.15, 0.2) is 11.9 Å². The molecule has 4 nitrogen and oxygen atoms in total. The molecule has 2 aromatic rings. The molecule has 2 heterocycles. The summed E-state index contributed by atoms with van der Waals surface area (Å²) in [7, 11) is 0. The van der Waals surface area contributed by atoms with E-state index >= 15 is 0 Å². The molecule has 0 amide bonds. The summed E-state index contributed by atoms with van der Waals surface area (Å²) in [6.45, 7) is 4.00. The SMILES string of the molecule is CC.O=Cc1cnn2cccnc12. The van der Waals surface area contributed by atoms with Crippen LogP contribution in [0.25, 0.3) is 5.65 Å². The zero-order chi connectivity index (χ0) is 9.68. The van der Waals surface area contributed by atoms with Crippen LogP contribution in [-0.2, 0) is 0 Å². The summed E-state index contributed by atoms with van der Waals surface area (Å²) in [6.07, 6.45) is 5.62. The monoisotopic (exact) mass is 177 g/mol. The Morgan fingerprint density at radius 1 is 1.46 bits per heavy atom. The minimum absolute atomic E-state index is 0.519. The third-order valence-corrected chi connectivity index (χ3v) is 1.43. The Hall–Kier alpha value is -1.71. The fourth-order valence-electron chi connectivity index (χ4n) is 0.929. The van der Waals surface area contributed by atoms with Crippen molar-refractivity contribution >= 4 is 11.9 Å². The lowest BCUT2D eigenvalue weighted by Gasteiger charge is -1.88. The van der Waals surface area contributed by atoms with E-state index in [4.69, 9.17) is 0 Å². The molecule has 0 bridgehead atoms. The molecule has 4 heteroatoms. The van der Waals surface area contributed by atoms with Crippen molar-refractivity contribution < 1.29 is 4.79 Å². The molecule has 0 aliphatic rings. The first-order valence-corrected chi connectivity index (χ1v) is 4.15. The van der Waals surface area contributed by atoms with Gasteiger partial charge in [0.05, 0.1) is 11.8 Å². The highest BCUT2D eigenvalue weighted by Crippen LogP contribution is 2.02. The molecular formula is C9H11N3O. The fourth-order valence-corrected chi connectivity index (χ4v) is 0.929. The van der Waals surface area contributed by atoms with Crippen LogP contribution in [0, 0.1) is 0 Å². The van der Waals surface area contributed by atoms with Crippen LogP contribution >= 0.6 is 0 Å². The average Bonchev–Trinajstić information content (AvgIpc) is 2.64. The maximum absolute atomic E-state index is 10.4. The van der Waals surface area contributed by atoms with Crippen LogP contribution in [0.1, 0.15) is 24.2 Å². The van der Waals surface area contributed by atoms with E-state index in [9.17, 15) is 4.79 Å². The largest absolute Gasteiger partial charge is 0.298 e. The highest BCUT2D eigenvalue weighted by atomic mass is 16.1. The highest BCUT2D eigenvalue weighted by Gasteiger charge is 2.00. The lowest BCUT2D eigenvalue weighted by atomic mass is 10.4. The van der Waals surface area contributed by atoms with E-state index in [2.05, 4.69) is 10.1 Å². The molecule has 2 aromatic heterocycles. The van der Waals surface area contributed by atoms with Gasteiger partial charge in [0.25, 0.3) is 0 Å². The second kappa shape index (κ2) is 4.35. The first kappa shape index (κ1) is 9.38. The van der Waals surface area contributed by atoms with Gasteiger partial charge >= 0.3 is 0 Å². The van der Waals surface area contributed by atoms with Crippen molar-refractivity contribution in [2.45, 2.75) is 13.8 Å². The van der Waals surface area contributed by atoms with Gasteiger partial charge in [0, 0.05) is 12.4 Å². The second-order valence-corrected chi connectivity index (χ2v) is 2.11. The van der Waals surface area contributed by atoms with Gasteiger partial charge in [-0.3, -0.25) is 4.79 Å². The summed E-state index contributed by atoms with van der Waals surface area (Å²) in [5.41, 5.74) is 1.12. The standard InChI is InChI=1S/C7H5N3O.C2H6/c11-5-6-4-9-10-3-1-2-8-7(6)10;1-2/h1-5H;1-2H3. The van der Waals surface area contributed by atoms with Gasteiger partial charge < -0.3 is 0 Å². The van der Waals surface area contributed by atoms with Crippen LogP contribution in [0.3, 0.4) is 0 Å². The van der Waals surface area contributed by atoms with Crippen LogP contribution < -0.4 is 0 Å². The van der Waals surface area contributed by atoms with Gasteiger partial charge in [-0.1, -0.05) is 13.8 Å². The Bertz CT molecular complexity index is 394. The van der Waals surface area contributed by atoms with Crippen molar-refractivity contribution in [1.82, 2.24) is 14.6 Å². The number of nitrogens with zero attached hydrogens (tertiary/aromatic N) is 3. The van der Waals surface area contributed by atoms with Gasteiger partial charge in [-0.2, -0.15) is 5.10 Å². The van der Waals surface area contributed by atoms with Crippen molar-refractivity contribution in [3.05, 3.63) is 30.2 Å². The predicted molar refractivity (Wildman–Crippen MR) is 49.7 cm³/mol. The number of carbonyl (C=O) groups excluding carboxylic acids is 1. The predicted octanol–water partition coefficient (Wildman–Crippen LogP) is 1.57. The molecule has 13 heavy (non-hydrogen) atoms. The first-order valence-electron chi connectivity index (χ1n) is 4.15. The number of aromatic nitrogens is 3. The van der Waals surface area contributed by atoms with Crippen LogP contribution in [0.15, 0.2) is 24.7 Å². The number of fused-ring (bicyclic) bond motifs is 1. The Kier molecular flexibility index (Phi) is 3.14. The molecule has 0 aromatic carbocycles. The van der Waals surface area contributed by atoms with E-state index in [1.165, 1.54) is 6.20 Å². The molecule has 68 valence electrons. The molecule has 0 unspecified atom stereocenters. The summed E-state index contributed by atoms with van der Waals surface area (Å²) in [4.78, 5) is 14.4. The number of hydrogen-bond acceptors (Lipinski definition) is 3. The van der Waals surface area contributed by atoms with E-state index in [1.807, 2.05) is 13.8 Å². The Morgan fingerprint density at radius 2 is 2.23 bits per heavy atom. The average molecular weight is 177 g/mol. The van der Waals surface area contributed by atoms with E-state index in [-0.39, 0.29) is 0 Å². The third-order valence-electron chi connectivity index (χ3n) is 1.43. The maximum atomic E-state index is 10.4. The van der Waals surface area contributed by atoms with Gasteiger partial charge in [0.2, 0.25) is 0 Å². The summed E-state index contributed by atoms with van der Waals surface area (Å²) < 4.78 is 1.56. The number of rotatable bonds is 1. The molecule has 0 N–H and O–H groups in total. The van der Waals surface area contributed by atoms with E-state index in [0.29, 0.717) is 11.2 Å². The van der Waals surface area contributed by atoms with E-state index in [1.54, 1.807) is 23.0 Å². The third kappa shape index (κ3) is 1.72. The number of carbonyl (C=O) groups is 1. The van der Waals surface area contributed by atoms with Gasteiger partial charge in [0.1, 0.15) is 0 Å². The molecule has 0 atom stereocenters. The van der Waals surface area contributed by atoms with Gasteiger partial charge in [-0.15, -0.1) is 0 Å². The first-order chi connectivity index (χ1) is 6.42. The molecule has 0 fully saturated rings. The summed E-state index contributed by atoms with van der Waals surface area (Å²) >= 11 is 0. The summed E-state index contributed by atoms with van der Waals surface area (Å²) in [5.74, 6) is 0. The van der Waals surface area contributed by atoms with Crippen molar-refractivity contribution in [3.63, 3.8) is 0 Å². The van der Waals surface area contributed by atoms with Crippen molar-refractivity contribution in [2.75, 3.05) is 0 Å². The van der Waals surface area contributed by atoms with Crippen LogP contribution in [0.2, 0.25) is 0 Å². The van der Waals surface area contributed by atoms with Crippen LogP contribution in [0.5, 0.6) is 0 Å². The fraction of sp³-hybridized carbons (Fsp3) is 0.222. The van der Waals surface area contributed by atoms with E-state index in [0.717, 1.165) is 6.29 Å². The van der Waals surface area contributed by atoms with Crippen molar-refractivity contribution in [3.8, 4) is 0 Å². The molecule has 0 aliphatic carbocycles. The Morgan fingerprint density at radius 3 is 2.92 bits per heavy atom. The second-order valence-electron chi connectivity index (χ2n) is 2.11. The molecular weight excluding hydrogens is 166 g/mol. The molecule has 0 radical (unpaired) electrons. The minimum atomic E-state index is 0.519. The van der Waals surface area contributed by atoms with E-state index < -0.39 is 0 Å². The summed E-state index contributed by atoms with van der Waals surface area (Å²) in [5, 5.41) is 3.91. The van der Waals surface area contributed by atoms with Crippen LogP contribution in [-0.4, -0.2) is 20.9 Å². The zero-order valence-electron chi connectivity index (χ0n) is 7.64. The van der Waals surface area contributed by atoms with Crippen LogP contribution in [0.4, 0.5) is 0 Å². The zero-order valence-corrected chi connectivity index (χ0v) is 7.64. The van der Waals surface area contributed by atoms with Gasteiger partial charge in [-0.05, 0) is 6.07 Å². The Labute approximate surface area is 76.2 Å². The van der Waals surface area contributed by atoms with Gasteiger partial charge in [-0.25, -0.2) is 9.50 Å². The summed E-state index contributed by atoms with van der Waals surface area (Å²) in [6, 6.07) is 1.76. The lowest BCUT2D eigenvalue weighted by molar-refractivity contribution is 0.112.